The Morgan fingerprint density at radius 2 is 0.588 bits per heavy atom. The van der Waals surface area contributed by atoms with Crippen molar-refractivity contribution in [1.29, 1.82) is 0 Å². The molecule has 17 heavy (non-hydrogen) atoms. The predicted molar refractivity (Wildman–Crippen MR) is 65.2 cm³/mol. The van der Waals surface area contributed by atoms with Gasteiger partial charge in [-0.05, 0) is 0 Å². The van der Waals surface area contributed by atoms with Gasteiger partial charge in [-0.15, -0.1) is 0 Å². The van der Waals surface area contributed by atoms with Gasteiger partial charge in [-0.3, -0.25) is 0 Å². The minimum absolute atomic E-state index is 1.30. The number of rotatable bonds is 4. The Kier molecular flexibility index (Phi) is 4.43. The van der Waals surface area contributed by atoms with E-state index < -0.39 is 32.2 Å². The van der Waals surface area contributed by atoms with E-state index in [1.54, 1.807) is 55.4 Å². The van der Waals surface area contributed by atoms with E-state index in [1.165, 1.54) is 0 Å². The SMILES string of the molecule is C[C](C)(O)[Ti]([C](C)(C)O)([C](C)(C)O)[C](C)(C)O. The van der Waals surface area contributed by atoms with E-state index >= 15 is 0 Å². The van der Waals surface area contributed by atoms with Crippen LogP contribution in [-0.2, 0) is 16.6 Å². The molecular weight excluding hydrogens is 256 g/mol. The van der Waals surface area contributed by atoms with Crippen LogP contribution in [-0.4, -0.2) is 36.0 Å². The Morgan fingerprint density at radius 3 is 0.588 bits per heavy atom. The van der Waals surface area contributed by atoms with Gasteiger partial charge in [0.2, 0.25) is 0 Å². The molecule has 0 saturated carbocycles. The molecule has 0 aromatic heterocycles. The average Bonchev–Trinajstić information content (AvgIpc) is 1.67. The van der Waals surface area contributed by atoms with Gasteiger partial charge >= 0.3 is 108 Å². The number of hydrogen-bond donors (Lipinski definition) is 4. The summed E-state index contributed by atoms with van der Waals surface area (Å²) in [6.45, 7) is 12.6. The summed E-state index contributed by atoms with van der Waals surface area (Å²) in [4.78, 5) is 0. The number of aliphatic hydroxyl groups is 4. The zero-order valence-corrected chi connectivity index (χ0v) is 13.9. The first-order chi connectivity index (χ1) is 7.00. The molecule has 0 rings (SSSR count). The van der Waals surface area contributed by atoms with Gasteiger partial charge in [0.1, 0.15) is 0 Å². The molecule has 0 aliphatic carbocycles. The molecule has 5 heteroatoms. The molecule has 0 aliphatic rings. The van der Waals surface area contributed by atoms with Crippen molar-refractivity contribution in [1.82, 2.24) is 0 Å². The van der Waals surface area contributed by atoms with Crippen LogP contribution in [0.5, 0.6) is 0 Å². The van der Waals surface area contributed by atoms with Crippen molar-refractivity contribution >= 4 is 0 Å². The van der Waals surface area contributed by atoms with Gasteiger partial charge in [-0.1, -0.05) is 0 Å². The molecule has 0 heterocycles. The van der Waals surface area contributed by atoms with E-state index in [4.69, 9.17) is 0 Å². The van der Waals surface area contributed by atoms with Crippen LogP contribution in [0.15, 0.2) is 0 Å². The third-order valence-corrected chi connectivity index (χ3v) is 15.1. The Labute approximate surface area is 108 Å². The molecule has 0 amide bonds. The minimum atomic E-state index is -4.03. The first-order valence-corrected chi connectivity index (χ1v) is 9.02. The third kappa shape index (κ3) is 2.62. The van der Waals surface area contributed by atoms with Crippen molar-refractivity contribution < 1.29 is 37.0 Å². The van der Waals surface area contributed by atoms with Crippen molar-refractivity contribution in [3.8, 4) is 0 Å². The summed E-state index contributed by atoms with van der Waals surface area (Å²) >= 11 is -4.03. The molecule has 104 valence electrons. The second-order valence-corrected chi connectivity index (χ2v) is 17.0. The Hall–Kier alpha value is 0.554. The molecular formula is C12H28O4Ti. The summed E-state index contributed by atoms with van der Waals surface area (Å²) in [6.07, 6.45) is 0. The van der Waals surface area contributed by atoms with Crippen molar-refractivity contribution in [2.24, 2.45) is 0 Å². The summed E-state index contributed by atoms with van der Waals surface area (Å²) < 4.78 is -5.19. The van der Waals surface area contributed by atoms with Crippen LogP contribution < -0.4 is 0 Å². The third-order valence-electron chi connectivity index (χ3n) is 3.67. The Bertz CT molecular complexity index is 211. The molecule has 4 N–H and O–H groups in total. The van der Waals surface area contributed by atoms with Gasteiger partial charge < -0.3 is 0 Å². The van der Waals surface area contributed by atoms with Crippen LogP contribution in [0.25, 0.3) is 0 Å². The molecule has 0 aromatic rings. The molecule has 0 unspecified atom stereocenters. The molecule has 4 nitrogen and oxygen atoms in total. The van der Waals surface area contributed by atoms with Gasteiger partial charge in [-0.25, -0.2) is 0 Å². The second-order valence-electron chi connectivity index (χ2n) is 6.99. The van der Waals surface area contributed by atoms with Crippen LogP contribution in [0.2, 0.25) is 0 Å². The van der Waals surface area contributed by atoms with Crippen LogP contribution in [0.3, 0.4) is 0 Å². The molecule has 0 bridgehead atoms. The molecule has 0 aliphatic heterocycles. The summed E-state index contributed by atoms with van der Waals surface area (Å²) in [5.74, 6) is 0. The molecule has 0 saturated heterocycles. The maximum atomic E-state index is 10.5. The van der Waals surface area contributed by atoms with Gasteiger partial charge in [0.25, 0.3) is 0 Å². The van der Waals surface area contributed by atoms with Crippen molar-refractivity contribution in [2.45, 2.75) is 71.0 Å². The summed E-state index contributed by atoms with van der Waals surface area (Å²) in [5, 5.41) is 42.2. The van der Waals surface area contributed by atoms with Crippen molar-refractivity contribution in [3.63, 3.8) is 0 Å². The zero-order chi connectivity index (χ0) is 14.5. The Morgan fingerprint density at radius 1 is 0.471 bits per heavy atom. The van der Waals surface area contributed by atoms with Crippen LogP contribution >= 0.6 is 0 Å². The summed E-state index contributed by atoms with van der Waals surface area (Å²) in [6, 6.07) is 0. The molecule has 0 atom stereocenters. The fraction of sp³-hybridized carbons (Fsp3) is 1.00. The van der Waals surface area contributed by atoms with Gasteiger partial charge in [0.05, 0.1) is 0 Å². The van der Waals surface area contributed by atoms with Gasteiger partial charge in [0.15, 0.2) is 0 Å². The van der Waals surface area contributed by atoms with E-state index in [0.29, 0.717) is 0 Å². The topological polar surface area (TPSA) is 80.9 Å². The molecule has 0 fully saturated rings. The Balaban J connectivity index is 6.37. The molecule has 0 aromatic carbocycles. The van der Waals surface area contributed by atoms with E-state index in [-0.39, 0.29) is 0 Å². The van der Waals surface area contributed by atoms with Gasteiger partial charge in [-0.2, -0.15) is 0 Å². The first kappa shape index (κ1) is 17.6. The molecule has 0 radical (unpaired) electrons. The monoisotopic (exact) mass is 284 g/mol. The quantitative estimate of drug-likeness (QED) is 0.582. The predicted octanol–water partition coefficient (Wildman–Crippen LogP) is 1.05. The van der Waals surface area contributed by atoms with Gasteiger partial charge in [0, 0.05) is 0 Å². The number of hydrogen-bond acceptors (Lipinski definition) is 4. The fourth-order valence-electron chi connectivity index (χ4n) is 4.49. The van der Waals surface area contributed by atoms with Crippen molar-refractivity contribution in [2.75, 3.05) is 0 Å². The molecule has 0 spiro atoms. The zero-order valence-electron chi connectivity index (χ0n) is 12.3. The van der Waals surface area contributed by atoms with E-state index in [0.717, 1.165) is 0 Å². The van der Waals surface area contributed by atoms with E-state index in [9.17, 15) is 20.4 Å². The van der Waals surface area contributed by atoms with Crippen LogP contribution in [0, 0.1) is 0 Å². The van der Waals surface area contributed by atoms with Crippen LogP contribution in [0.1, 0.15) is 55.4 Å². The average molecular weight is 284 g/mol. The normalized spacial score (nSPS) is 16.2. The second kappa shape index (κ2) is 4.29. The fourth-order valence-corrected chi connectivity index (χ4v) is 18.5. The summed E-state index contributed by atoms with van der Waals surface area (Å²) in [5.41, 5.74) is 0. The van der Waals surface area contributed by atoms with E-state index in [2.05, 4.69) is 0 Å². The van der Waals surface area contributed by atoms with Crippen molar-refractivity contribution in [3.05, 3.63) is 0 Å². The maximum absolute atomic E-state index is 10.5. The summed E-state index contributed by atoms with van der Waals surface area (Å²) in [7, 11) is 0. The first-order valence-electron chi connectivity index (χ1n) is 5.89. The van der Waals surface area contributed by atoms with E-state index in [1.807, 2.05) is 0 Å². The van der Waals surface area contributed by atoms with Crippen LogP contribution in [0.4, 0.5) is 0 Å². The standard InChI is InChI=1S/4C3H7O.Ti/c4*1-3(2)4;/h4*4H,1-2H3;.